The second-order valence-electron chi connectivity index (χ2n) is 2.80. The summed E-state index contributed by atoms with van der Waals surface area (Å²) in [5, 5.41) is 18.1. The van der Waals surface area contributed by atoms with Crippen molar-refractivity contribution in [3.05, 3.63) is 0 Å². The molecule has 15 heavy (non-hydrogen) atoms. The van der Waals surface area contributed by atoms with Crippen molar-refractivity contribution in [2.45, 2.75) is 25.5 Å². The maximum absolute atomic E-state index is 11.0. The lowest BCUT2D eigenvalue weighted by molar-refractivity contribution is -0.264. The molecule has 0 aliphatic carbocycles. The van der Waals surface area contributed by atoms with E-state index >= 15 is 0 Å². The van der Waals surface area contributed by atoms with Crippen LogP contribution in [0.1, 0.15) is 19.8 Å². The van der Waals surface area contributed by atoms with Gasteiger partial charge in [0.25, 0.3) is 5.72 Å². The quantitative estimate of drug-likeness (QED) is 0.507. The number of aliphatic carboxylic acids is 1. The maximum Gasteiger partial charge on any atom is 0.434 e. The molecule has 0 aliphatic heterocycles. The molecule has 0 fully saturated rings. The number of hydrogen-bond donors (Lipinski definition) is 2. The largest absolute Gasteiger partial charge is 0.478 e. The lowest BCUT2D eigenvalue weighted by Crippen LogP contribution is -2.57. The number of methoxy groups -OCH3 is 1. The number of carboxylic acids is 1. The van der Waals surface area contributed by atoms with E-state index in [9.17, 15) is 9.59 Å². The van der Waals surface area contributed by atoms with Gasteiger partial charge < -0.3 is 14.9 Å². The van der Waals surface area contributed by atoms with Gasteiger partial charge in [-0.3, -0.25) is 4.84 Å². The molecule has 1 amide bonds. The fourth-order valence-electron chi connectivity index (χ4n) is 1.29. The van der Waals surface area contributed by atoms with Crippen LogP contribution < -0.4 is 0 Å². The van der Waals surface area contributed by atoms with Gasteiger partial charge in [0.15, 0.2) is 0 Å². The first-order valence-corrected chi connectivity index (χ1v) is 4.32. The fourth-order valence-corrected chi connectivity index (χ4v) is 1.29. The van der Waals surface area contributed by atoms with Crippen molar-refractivity contribution >= 4 is 12.1 Å². The van der Waals surface area contributed by atoms with E-state index in [1.807, 2.05) is 0 Å². The van der Waals surface area contributed by atoms with Crippen LogP contribution in [0.3, 0.4) is 0 Å². The first-order chi connectivity index (χ1) is 6.96. The Morgan fingerprint density at radius 1 is 1.33 bits per heavy atom. The van der Waals surface area contributed by atoms with Crippen LogP contribution in [0.25, 0.3) is 0 Å². The van der Waals surface area contributed by atoms with Crippen LogP contribution in [-0.4, -0.2) is 47.3 Å². The summed E-state index contributed by atoms with van der Waals surface area (Å²) in [6.45, 7) is 1.71. The Bertz CT molecular complexity index is 243. The fraction of sp³-hybridized carbons (Fsp3) is 0.750. The van der Waals surface area contributed by atoms with Gasteiger partial charge in [-0.1, -0.05) is 13.3 Å². The number of rotatable bonds is 6. The molecule has 0 rings (SSSR count). The standard InChI is InChI=1S/C8H15NO6/c1-4-5-8(14-2,6(10)11)9(15-3)7(12)13/h4-5H2,1-3H3,(H,10,11)(H,12,13). The Hall–Kier alpha value is -1.34. The molecule has 0 saturated heterocycles. The van der Waals surface area contributed by atoms with Gasteiger partial charge in [0, 0.05) is 13.5 Å². The number of amides is 1. The second kappa shape index (κ2) is 5.52. The Balaban J connectivity index is 5.19. The van der Waals surface area contributed by atoms with Crippen LogP contribution in [0.15, 0.2) is 0 Å². The molecule has 0 saturated carbocycles. The summed E-state index contributed by atoms with van der Waals surface area (Å²) in [7, 11) is 2.19. The summed E-state index contributed by atoms with van der Waals surface area (Å²) >= 11 is 0. The highest BCUT2D eigenvalue weighted by Gasteiger charge is 2.48. The normalized spacial score (nSPS) is 14.3. The molecule has 0 aliphatic rings. The molecule has 0 aromatic heterocycles. The molecule has 2 N–H and O–H groups in total. The summed E-state index contributed by atoms with van der Waals surface area (Å²) in [5.74, 6) is -1.41. The lowest BCUT2D eigenvalue weighted by atomic mass is 10.1. The maximum atomic E-state index is 11.0. The predicted octanol–water partition coefficient (Wildman–Crippen LogP) is 0.755. The smallest absolute Gasteiger partial charge is 0.434 e. The number of carbonyl (C=O) groups is 2. The molecule has 1 atom stereocenters. The minimum absolute atomic E-state index is 0.00102. The molecule has 7 heteroatoms. The molecule has 0 heterocycles. The van der Waals surface area contributed by atoms with Crippen molar-refractivity contribution in [1.29, 1.82) is 0 Å². The van der Waals surface area contributed by atoms with Crippen molar-refractivity contribution in [3.63, 3.8) is 0 Å². The van der Waals surface area contributed by atoms with Crippen molar-refractivity contribution in [3.8, 4) is 0 Å². The summed E-state index contributed by atoms with van der Waals surface area (Å²) in [6.07, 6.45) is -1.08. The monoisotopic (exact) mass is 221 g/mol. The number of carboxylic acid groups (broad SMARTS) is 2. The van der Waals surface area contributed by atoms with Crippen LogP contribution in [-0.2, 0) is 14.4 Å². The van der Waals surface area contributed by atoms with E-state index in [1.54, 1.807) is 6.92 Å². The molecule has 0 aromatic rings. The molecular weight excluding hydrogens is 206 g/mol. The van der Waals surface area contributed by atoms with Gasteiger partial charge in [-0.25, -0.2) is 9.59 Å². The predicted molar refractivity (Wildman–Crippen MR) is 49.2 cm³/mol. The third-order valence-electron chi connectivity index (χ3n) is 1.95. The van der Waals surface area contributed by atoms with Gasteiger partial charge in [0.1, 0.15) is 0 Å². The summed E-state index contributed by atoms with van der Waals surface area (Å²) in [6, 6.07) is 0. The molecule has 0 bridgehead atoms. The molecule has 0 aromatic carbocycles. The van der Waals surface area contributed by atoms with E-state index in [1.165, 1.54) is 0 Å². The van der Waals surface area contributed by atoms with Crippen LogP contribution in [0.2, 0.25) is 0 Å². The Morgan fingerprint density at radius 2 is 1.87 bits per heavy atom. The van der Waals surface area contributed by atoms with Crippen molar-refractivity contribution < 1.29 is 29.4 Å². The first kappa shape index (κ1) is 13.7. The molecule has 1 unspecified atom stereocenters. The molecule has 7 nitrogen and oxygen atoms in total. The van der Waals surface area contributed by atoms with Crippen molar-refractivity contribution in [1.82, 2.24) is 5.06 Å². The molecule has 0 radical (unpaired) electrons. The topological polar surface area (TPSA) is 96.3 Å². The summed E-state index contributed by atoms with van der Waals surface area (Å²) in [5.41, 5.74) is -1.99. The average molecular weight is 221 g/mol. The number of ether oxygens (including phenoxy) is 1. The van der Waals surface area contributed by atoms with Crippen LogP contribution >= 0.6 is 0 Å². The second-order valence-corrected chi connectivity index (χ2v) is 2.80. The zero-order valence-electron chi connectivity index (χ0n) is 8.89. The van der Waals surface area contributed by atoms with E-state index < -0.39 is 17.8 Å². The Kier molecular flexibility index (Phi) is 5.03. The van der Waals surface area contributed by atoms with E-state index in [0.717, 1.165) is 14.2 Å². The summed E-state index contributed by atoms with van der Waals surface area (Å²) < 4.78 is 4.77. The van der Waals surface area contributed by atoms with Gasteiger partial charge in [-0.05, 0) is 0 Å². The SMILES string of the molecule is CCCC(OC)(C(=O)O)N(OC)C(=O)O. The highest BCUT2D eigenvalue weighted by molar-refractivity contribution is 5.81. The van der Waals surface area contributed by atoms with Gasteiger partial charge in [0.2, 0.25) is 0 Å². The van der Waals surface area contributed by atoms with E-state index in [2.05, 4.69) is 4.84 Å². The number of hydroxylamine groups is 2. The van der Waals surface area contributed by atoms with E-state index in [-0.39, 0.29) is 6.42 Å². The van der Waals surface area contributed by atoms with Gasteiger partial charge in [-0.2, -0.15) is 0 Å². The molecular formula is C8H15NO6. The van der Waals surface area contributed by atoms with Gasteiger partial charge >= 0.3 is 12.1 Å². The zero-order valence-corrected chi connectivity index (χ0v) is 8.89. The van der Waals surface area contributed by atoms with Crippen LogP contribution in [0, 0.1) is 0 Å². The first-order valence-electron chi connectivity index (χ1n) is 4.32. The van der Waals surface area contributed by atoms with Crippen LogP contribution in [0.5, 0.6) is 0 Å². The zero-order chi connectivity index (χ0) is 12.1. The number of nitrogens with zero attached hydrogens (tertiary/aromatic N) is 1. The molecule has 0 spiro atoms. The minimum atomic E-state index is -1.99. The highest BCUT2D eigenvalue weighted by Crippen LogP contribution is 2.23. The van der Waals surface area contributed by atoms with Crippen molar-refractivity contribution in [2.24, 2.45) is 0 Å². The van der Waals surface area contributed by atoms with Gasteiger partial charge in [-0.15, -0.1) is 5.06 Å². The summed E-state index contributed by atoms with van der Waals surface area (Å²) in [4.78, 5) is 26.3. The van der Waals surface area contributed by atoms with Crippen LogP contribution in [0.4, 0.5) is 4.79 Å². The van der Waals surface area contributed by atoms with Gasteiger partial charge in [0.05, 0.1) is 7.11 Å². The Morgan fingerprint density at radius 3 is 2.07 bits per heavy atom. The van der Waals surface area contributed by atoms with E-state index in [0.29, 0.717) is 11.5 Å². The minimum Gasteiger partial charge on any atom is -0.478 e. The third kappa shape index (κ3) is 2.57. The average Bonchev–Trinajstić information content (AvgIpc) is 2.16. The third-order valence-corrected chi connectivity index (χ3v) is 1.95. The lowest BCUT2D eigenvalue weighted by Gasteiger charge is -2.34. The Labute approximate surface area is 87.1 Å². The van der Waals surface area contributed by atoms with Crippen molar-refractivity contribution in [2.75, 3.05) is 14.2 Å². The number of hydrogen-bond acceptors (Lipinski definition) is 4. The molecule has 88 valence electrons. The van der Waals surface area contributed by atoms with E-state index in [4.69, 9.17) is 14.9 Å². The highest BCUT2D eigenvalue weighted by atomic mass is 16.7.